The number of anilines is 1. The lowest BCUT2D eigenvalue weighted by Gasteiger charge is -2.50. The van der Waals surface area contributed by atoms with Gasteiger partial charge in [0.05, 0.1) is 11.6 Å². The minimum atomic E-state index is -2.64. The predicted octanol–water partition coefficient (Wildman–Crippen LogP) is 1.30. The molecule has 0 aromatic heterocycles. The number of aliphatic hydroxyl groups excluding tert-OH is 2. The number of carbonyl (C=O) groups is 3. The van der Waals surface area contributed by atoms with Crippen LogP contribution in [0.3, 0.4) is 0 Å². The van der Waals surface area contributed by atoms with Crippen LogP contribution in [-0.2, 0) is 27.2 Å². The van der Waals surface area contributed by atoms with Gasteiger partial charge in [0, 0.05) is 31.3 Å². The summed E-state index contributed by atoms with van der Waals surface area (Å²) < 4.78 is 0. The van der Waals surface area contributed by atoms with Gasteiger partial charge in [0.2, 0.25) is 5.78 Å². The molecule has 4 unspecified atom stereocenters. The van der Waals surface area contributed by atoms with Crippen molar-refractivity contribution in [2.75, 3.05) is 53.2 Å². The van der Waals surface area contributed by atoms with Crippen molar-refractivity contribution in [2.45, 2.75) is 50.2 Å². The Morgan fingerprint density at radius 2 is 1.76 bits per heavy atom. The first kappa shape index (κ1) is 30.1. The number of ketones is 2. The second kappa shape index (κ2) is 10.7. The summed E-state index contributed by atoms with van der Waals surface area (Å²) in [6.07, 6.45) is 3.96. The summed E-state index contributed by atoms with van der Waals surface area (Å²) in [5.41, 5.74) is 4.12. The summed E-state index contributed by atoms with van der Waals surface area (Å²) in [6.45, 7) is 2.06. The summed E-state index contributed by atoms with van der Waals surface area (Å²) in [7, 11) is 9.04. The Labute approximate surface area is 245 Å². The maximum atomic E-state index is 14.1. The van der Waals surface area contributed by atoms with E-state index in [0.29, 0.717) is 23.5 Å². The normalized spacial score (nSPS) is 28.6. The number of likely N-dealkylation sites (tertiary alicyclic amines) is 1. The van der Waals surface area contributed by atoms with Crippen LogP contribution in [0.5, 0.6) is 5.75 Å². The van der Waals surface area contributed by atoms with Crippen LogP contribution in [0, 0.1) is 17.8 Å². The molecule has 1 aromatic rings. The molecule has 4 aliphatic rings. The zero-order valence-electron chi connectivity index (χ0n) is 25.0. The highest BCUT2D eigenvalue weighted by molar-refractivity contribution is 6.24. The number of likely N-dealkylation sites (N-methyl/N-ethyl adjacent to an activating group) is 1. The van der Waals surface area contributed by atoms with Gasteiger partial charge in [-0.3, -0.25) is 19.3 Å². The molecular weight excluding hydrogens is 540 g/mol. The molecular formula is C31H42N4O7. The average Bonchev–Trinajstić information content (AvgIpc) is 2.90. The molecule has 2 fully saturated rings. The number of nitrogens with zero attached hydrogens (tertiary/aromatic N) is 3. The third-order valence-corrected chi connectivity index (χ3v) is 9.92. The van der Waals surface area contributed by atoms with Crippen molar-refractivity contribution in [3.8, 4) is 5.75 Å². The van der Waals surface area contributed by atoms with Crippen LogP contribution >= 0.6 is 0 Å². The van der Waals surface area contributed by atoms with Crippen LogP contribution in [0.25, 0.3) is 5.76 Å². The molecule has 1 aliphatic heterocycles. The maximum Gasteiger partial charge on any atom is 0.255 e. The first-order valence-electron chi connectivity index (χ1n) is 14.6. The van der Waals surface area contributed by atoms with E-state index in [4.69, 9.17) is 5.73 Å². The van der Waals surface area contributed by atoms with E-state index in [9.17, 15) is 34.8 Å². The molecule has 11 heteroatoms. The van der Waals surface area contributed by atoms with E-state index in [1.165, 1.54) is 4.90 Å². The number of Topliss-reactive ketones (excluding diaryl/α,β-unsaturated/α-hetero) is 2. The van der Waals surface area contributed by atoms with Crippen molar-refractivity contribution in [1.29, 1.82) is 0 Å². The van der Waals surface area contributed by atoms with E-state index in [1.807, 2.05) is 25.1 Å². The van der Waals surface area contributed by atoms with E-state index in [-0.39, 0.29) is 29.7 Å². The van der Waals surface area contributed by atoms with Crippen LogP contribution in [-0.4, -0.2) is 108 Å². The summed E-state index contributed by atoms with van der Waals surface area (Å²) >= 11 is 0. The monoisotopic (exact) mass is 582 g/mol. The zero-order valence-corrected chi connectivity index (χ0v) is 25.0. The molecule has 0 spiro atoms. The second-order valence-corrected chi connectivity index (χ2v) is 12.9. The molecule has 1 saturated heterocycles. The molecule has 3 aliphatic carbocycles. The largest absolute Gasteiger partial charge is 0.508 e. The fourth-order valence-corrected chi connectivity index (χ4v) is 7.65. The van der Waals surface area contributed by atoms with Gasteiger partial charge in [-0.2, -0.15) is 0 Å². The molecule has 5 rings (SSSR count). The molecule has 42 heavy (non-hydrogen) atoms. The number of fused-ring (bicyclic) bond motifs is 3. The van der Waals surface area contributed by atoms with Gasteiger partial charge < -0.3 is 36.0 Å². The lowest BCUT2D eigenvalue weighted by Crippen LogP contribution is -2.65. The molecule has 228 valence electrons. The molecule has 0 bridgehead atoms. The van der Waals surface area contributed by atoms with Crippen molar-refractivity contribution >= 4 is 28.9 Å². The number of phenols is 1. The lowest BCUT2D eigenvalue weighted by molar-refractivity contribution is -0.153. The van der Waals surface area contributed by atoms with Crippen molar-refractivity contribution < 1.29 is 34.8 Å². The Bertz CT molecular complexity index is 1410. The summed E-state index contributed by atoms with van der Waals surface area (Å²) in [4.78, 5) is 45.3. The molecule has 11 nitrogen and oxygen atoms in total. The maximum absolute atomic E-state index is 14.1. The summed E-state index contributed by atoms with van der Waals surface area (Å²) in [5, 5.41) is 46.1. The Morgan fingerprint density at radius 3 is 2.33 bits per heavy atom. The smallest absolute Gasteiger partial charge is 0.255 e. The van der Waals surface area contributed by atoms with Gasteiger partial charge in [-0.1, -0.05) is 0 Å². The lowest BCUT2D eigenvalue weighted by atomic mass is 9.57. The van der Waals surface area contributed by atoms with E-state index >= 15 is 0 Å². The SMILES string of the molecule is CN1CCC(CCc2cc(N(C)C)c3c(c2O)C(O)=C2C(=O)C4(O)C(O)=C(C(N)=O)C(=O)C(N(C)C)C4CC2C3)CC1. The first-order valence-corrected chi connectivity index (χ1v) is 14.6. The van der Waals surface area contributed by atoms with Gasteiger partial charge in [0.1, 0.15) is 22.8 Å². The fourth-order valence-electron chi connectivity index (χ4n) is 7.65. The van der Waals surface area contributed by atoms with Crippen molar-refractivity contribution in [3.05, 3.63) is 39.7 Å². The highest BCUT2D eigenvalue weighted by Gasteiger charge is 2.64. The van der Waals surface area contributed by atoms with Crippen molar-refractivity contribution in [1.82, 2.24) is 9.80 Å². The van der Waals surface area contributed by atoms with E-state index < -0.39 is 58.0 Å². The topological polar surface area (TPSA) is 168 Å². The molecule has 0 radical (unpaired) electrons. The number of hydrogen-bond donors (Lipinski definition) is 5. The van der Waals surface area contributed by atoms with Gasteiger partial charge in [-0.25, -0.2) is 0 Å². The molecule has 1 aromatic carbocycles. The molecule has 6 N–H and O–H groups in total. The number of aryl methyl sites for hydroxylation is 1. The number of phenolic OH excluding ortho intramolecular Hbond substituents is 1. The van der Waals surface area contributed by atoms with Crippen molar-refractivity contribution in [2.24, 2.45) is 23.5 Å². The van der Waals surface area contributed by atoms with Crippen LogP contribution in [0.4, 0.5) is 5.69 Å². The number of rotatable bonds is 6. The standard InChI is InChI=1S/C31H42N4O7/c1-33(2)20-14-16(7-6-15-8-10-35(5)11-9-15)25(36)22-18(20)12-17-13-19-24(34(3)4)27(38)23(30(32)41)29(40)31(19,42)28(39)21(17)26(22)37/h14-15,17,19,24,36-37,40,42H,6-13H2,1-5H3,(H2,32,41). The number of hydrogen-bond acceptors (Lipinski definition) is 10. The fraction of sp³-hybridized carbons (Fsp3) is 0.581. The summed E-state index contributed by atoms with van der Waals surface area (Å²) in [6, 6.07) is 0.842. The van der Waals surface area contributed by atoms with Crippen LogP contribution in [0.1, 0.15) is 42.4 Å². The zero-order chi connectivity index (χ0) is 30.8. The second-order valence-electron chi connectivity index (χ2n) is 12.9. The first-order chi connectivity index (χ1) is 19.7. The number of nitrogens with two attached hydrogens (primary N) is 1. The Morgan fingerprint density at radius 1 is 1.12 bits per heavy atom. The number of aromatic hydroxyl groups is 1. The number of carbonyl (C=O) groups excluding carboxylic acids is 3. The number of piperidine rings is 1. The molecule has 4 atom stereocenters. The number of amides is 1. The Kier molecular flexibility index (Phi) is 7.66. The Hall–Kier alpha value is -3.41. The van der Waals surface area contributed by atoms with Gasteiger partial charge in [-0.15, -0.1) is 0 Å². The van der Waals surface area contributed by atoms with E-state index in [0.717, 1.165) is 38.0 Å². The average molecular weight is 583 g/mol. The van der Waals surface area contributed by atoms with Gasteiger partial charge >= 0.3 is 0 Å². The quantitative estimate of drug-likeness (QED) is 0.309. The van der Waals surface area contributed by atoms with Gasteiger partial charge in [0.25, 0.3) is 5.91 Å². The van der Waals surface area contributed by atoms with Crippen molar-refractivity contribution in [3.63, 3.8) is 0 Å². The third kappa shape index (κ3) is 4.49. The Balaban J connectivity index is 1.62. The number of primary amides is 1. The van der Waals surface area contributed by atoms with Crippen LogP contribution < -0.4 is 10.6 Å². The van der Waals surface area contributed by atoms with Crippen LogP contribution in [0.2, 0.25) is 0 Å². The van der Waals surface area contributed by atoms with Crippen LogP contribution in [0.15, 0.2) is 23.0 Å². The van der Waals surface area contributed by atoms with E-state index in [2.05, 4.69) is 11.9 Å². The highest BCUT2D eigenvalue weighted by atomic mass is 16.3. The molecule has 1 saturated carbocycles. The van der Waals surface area contributed by atoms with E-state index in [1.54, 1.807) is 14.1 Å². The minimum absolute atomic E-state index is 0.0667. The third-order valence-electron chi connectivity index (χ3n) is 9.92. The summed E-state index contributed by atoms with van der Waals surface area (Å²) in [5.74, 6) is -5.81. The predicted molar refractivity (Wildman–Crippen MR) is 157 cm³/mol. The number of benzene rings is 1. The molecule has 1 heterocycles. The van der Waals surface area contributed by atoms with Gasteiger partial charge in [-0.05, 0) is 102 Å². The minimum Gasteiger partial charge on any atom is -0.508 e. The van der Waals surface area contributed by atoms with Gasteiger partial charge in [0.15, 0.2) is 11.4 Å². The highest BCUT2D eigenvalue weighted by Crippen LogP contribution is 2.54. The number of aliphatic hydroxyl groups is 3. The molecule has 1 amide bonds.